The zero-order valence-electron chi connectivity index (χ0n) is 7.28. The van der Waals surface area contributed by atoms with Crippen LogP contribution in [-0.2, 0) is 13.0 Å². The first-order chi connectivity index (χ1) is 6.16. The van der Waals surface area contributed by atoms with E-state index in [1.807, 2.05) is 7.05 Å². The average molecular weight is 198 g/mol. The van der Waals surface area contributed by atoms with E-state index in [1.54, 1.807) is 0 Å². The molecule has 0 saturated carbocycles. The number of carboxylic acids is 1. The lowest BCUT2D eigenvalue weighted by atomic mass is 10.2. The van der Waals surface area contributed by atoms with Crippen molar-refractivity contribution in [2.45, 2.75) is 13.0 Å². The predicted octanol–water partition coefficient (Wildman–Crippen LogP) is 0.829. The van der Waals surface area contributed by atoms with Crippen LogP contribution in [0.1, 0.15) is 20.4 Å². The van der Waals surface area contributed by atoms with Crippen LogP contribution in [0.3, 0.4) is 0 Å². The molecule has 0 spiro atoms. The van der Waals surface area contributed by atoms with Gasteiger partial charge in [0.15, 0.2) is 0 Å². The van der Waals surface area contributed by atoms with Gasteiger partial charge < -0.3 is 10.0 Å². The molecule has 0 atom stereocenters. The largest absolute Gasteiger partial charge is 0.476 e. The Labute approximate surface area is 79.8 Å². The average Bonchev–Trinajstić information content (AvgIpc) is 2.46. The number of hydrogen-bond acceptors (Lipinski definition) is 4. The van der Waals surface area contributed by atoms with Crippen LogP contribution < -0.4 is 0 Å². The molecule has 5 heteroatoms. The van der Waals surface area contributed by atoms with Crippen molar-refractivity contribution in [2.24, 2.45) is 0 Å². The Morgan fingerprint density at radius 3 is 3.15 bits per heavy atom. The van der Waals surface area contributed by atoms with E-state index in [4.69, 9.17) is 5.11 Å². The molecule has 0 bridgehead atoms. The summed E-state index contributed by atoms with van der Waals surface area (Å²) < 4.78 is 0. The van der Waals surface area contributed by atoms with Gasteiger partial charge >= 0.3 is 5.97 Å². The third-order valence-electron chi connectivity index (χ3n) is 2.11. The number of aromatic carboxylic acids is 1. The van der Waals surface area contributed by atoms with Crippen molar-refractivity contribution in [3.05, 3.63) is 15.6 Å². The number of thiazole rings is 1. The van der Waals surface area contributed by atoms with Crippen LogP contribution in [0.5, 0.6) is 0 Å². The Morgan fingerprint density at radius 2 is 2.46 bits per heavy atom. The lowest BCUT2D eigenvalue weighted by Crippen LogP contribution is -2.25. The standard InChI is InChI=1S/C8H10N2O2S/c1-10-3-2-5-6(4-10)13-7(9-5)8(11)12/h2-4H2,1H3,(H,11,12). The van der Waals surface area contributed by atoms with E-state index in [0.717, 1.165) is 30.1 Å². The number of carboxylic acid groups (broad SMARTS) is 1. The molecule has 0 radical (unpaired) electrons. The smallest absolute Gasteiger partial charge is 0.365 e. The van der Waals surface area contributed by atoms with Crippen molar-refractivity contribution >= 4 is 17.3 Å². The summed E-state index contributed by atoms with van der Waals surface area (Å²) in [6.45, 7) is 1.80. The highest BCUT2D eigenvalue weighted by Gasteiger charge is 2.20. The molecule has 0 fully saturated rings. The van der Waals surface area contributed by atoms with Gasteiger partial charge in [-0.25, -0.2) is 9.78 Å². The van der Waals surface area contributed by atoms with Crippen LogP contribution >= 0.6 is 11.3 Å². The summed E-state index contributed by atoms with van der Waals surface area (Å²) in [5, 5.41) is 8.96. The van der Waals surface area contributed by atoms with Crippen molar-refractivity contribution < 1.29 is 9.90 Å². The first-order valence-electron chi connectivity index (χ1n) is 4.07. The lowest BCUT2D eigenvalue weighted by molar-refractivity contribution is 0.0696. The molecule has 2 rings (SSSR count). The van der Waals surface area contributed by atoms with Crippen molar-refractivity contribution in [3.63, 3.8) is 0 Å². The van der Waals surface area contributed by atoms with Crippen molar-refractivity contribution in [1.82, 2.24) is 9.88 Å². The van der Waals surface area contributed by atoms with E-state index < -0.39 is 5.97 Å². The number of aromatic nitrogens is 1. The summed E-state index contributed by atoms with van der Waals surface area (Å²) >= 11 is 1.29. The number of nitrogens with zero attached hydrogens (tertiary/aromatic N) is 2. The predicted molar refractivity (Wildman–Crippen MR) is 49.1 cm³/mol. The summed E-state index contributed by atoms with van der Waals surface area (Å²) in [5.74, 6) is -0.915. The Bertz CT molecular complexity index is 348. The normalized spacial score (nSPS) is 17.0. The molecule has 70 valence electrons. The Balaban J connectivity index is 2.33. The van der Waals surface area contributed by atoms with Gasteiger partial charge in [0.1, 0.15) is 0 Å². The maximum Gasteiger partial charge on any atom is 0.365 e. The van der Waals surface area contributed by atoms with Gasteiger partial charge in [-0.2, -0.15) is 0 Å². The quantitative estimate of drug-likeness (QED) is 0.726. The van der Waals surface area contributed by atoms with Crippen LogP contribution in [-0.4, -0.2) is 34.6 Å². The molecule has 1 aromatic rings. The Hall–Kier alpha value is -0.940. The van der Waals surface area contributed by atoms with Gasteiger partial charge in [0, 0.05) is 24.4 Å². The molecule has 4 nitrogen and oxygen atoms in total. The molecule has 13 heavy (non-hydrogen) atoms. The van der Waals surface area contributed by atoms with E-state index in [2.05, 4.69) is 9.88 Å². The molecule has 1 aliphatic rings. The van der Waals surface area contributed by atoms with Crippen LogP contribution in [0.4, 0.5) is 0 Å². The fraction of sp³-hybridized carbons (Fsp3) is 0.500. The maximum atomic E-state index is 10.6. The number of carbonyl (C=O) groups is 1. The van der Waals surface area contributed by atoms with Gasteiger partial charge in [0.05, 0.1) is 5.69 Å². The monoisotopic (exact) mass is 198 g/mol. The summed E-state index contributed by atoms with van der Waals surface area (Å²) in [4.78, 5) is 18.0. The molecule has 0 unspecified atom stereocenters. The van der Waals surface area contributed by atoms with Crippen LogP contribution in [0.15, 0.2) is 0 Å². The number of likely N-dealkylation sites (N-methyl/N-ethyl adjacent to an activating group) is 1. The highest BCUT2D eigenvalue weighted by atomic mass is 32.1. The van der Waals surface area contributed by atoms with E-state index in [1.165, 1.54) is 11.3 Å². The van der Waals surface area contributed by atoms with Gasteiger partial charge in [0.2, 0.25) is 5.01 Å². The molecule has 0 saturated heterocycles. The van der Waals surface area contributed by atoms with Crippen LogP contribution in [0.2, 0.25) is 0 Å². The van der Waals surface area contributed by atoms with Crippen LogP contribution in [0.25, 0.3) is 0 Å². The van der Waals surface area contributed by atoms with Crippen molar-refractivity contribution in [3.8, 4) is 0 Å². The highest BCUT2D eigenvalue weighted by Crippen LogP contribution is 2.24. The second-order valence-corrected chi connectivity index (χ2v) is 4.27. The summed E-state index contributed by atoms with van der Waals surface area (Å²) in [6, 6.07) is 0. The van der Waals surface area contributed by atoms with Gasteiger partial charge in [-0.3, -0.25) is 0 Å². The number of hydrogen-bond donors (Lipinski definition) is 1. The molecule has 1 aromatic heterocycles. The Kier molecular flexibility index (Phi) is 2.05. The Morgan fingerprint density at radius 1 is 1.69 bits per heavy atom. The molecule has 1 N–H and O–H groups in total. The minimum absolute atomic E-state index is 0.223. The second kappa shape index (κ2) is 3.08. The number of fused-ring (bicyclic) bond motifs is 1. The first-order valence-corrected chi connectivity index (χ1v) is 4.89. The summed E-state index contributed by atoms with van der Waals surface area (Å²) in [6.07, 6.45) is 0.871. The van der Waals surface area contributed by atoms with Gasteiger partial charge in [-0.05, 0) is 7.05 Å². The fourth-order valence-corrected chi connectivity index (χ4v) is 2.44. The third-order valence-corrected chi connectivity index (χ3v) is 3.18. The molecule has 0 amide bonds. The SMILES string of the molecule is CN1CCc2nc(C(=O)O)sc2C1. The molecule has 1 aliphatic heterocycles. The molecular weight excluding hydrogens is 188 g/mol. The van der Waals surface area contributed by atoms with Gasteiger partial charge in [-0.1, -0.05) is 0 Å². The van der Waals surface area contributed by atoms with E-state index in [0.29, 0.717) is 0 Å². The van der Waals surface area contributed by atoms with Gasteiger partial charge in [-0.15, -0.1) is 11.3 Å². The van der Waals surface area contributed by atoms with Crippen LogP contribution in [0, 0.1) is 0 Å². The zero-order valence-corrected chi connectivity index (χ0v) is 8.10. The number of rotatable bonds is 1. The third kappa shape index (κ3) is 1.57. The van der Waals surface area contributed by atoms with E-state index >= 15 is 0 Å². The molecule has 0 aliphatic carbocycles. The summed E-state index contributed by atoms with van der Waals surface area (Å²) in [5.41, 5.74) is 0.973. The molecular formula is C8H10N2O2S. The minimum Gasteiger partial charge on any atom is -0.476 e. The highest BCUT2D eigenvalue weighted by molar-refractivity contribution is 7.13. The van der Waals surface area contributed by atoms with E-state index in [-0.39, 0.29) is 5.01 Å². The maximum absolute atomic E-state index is 10.6. The summed E-state index contributed by atoms with van der Waals surface area (Å²) in [7, 11) is 2.03. The first kappa shape index (κ1) is 8.65. The fourth-order valence-electron chi connectivity index (χ4n) is 1.41. The molecule has 2 heterocycles. The molecule has 0 aromatic carbocycles. The minimum atomic E-state index is -0.915. The lowest BCUT2D eigenvalue weighted by Gasteiger charge is -2.20. The topological polar surface area (TPSA) is 53.4 Å². The zero-order chi connectivity index (χ0) is 9.42. The van der Waals surface area contributed by atoms with Crippen molar-refractivity contribution in [1.29, 1.82) is 0 Å². The van der Waals surface area contributed by atoms with Gasteiger partial charge in [0.25, 0.3) is 0 Å². The van der Waals surface area contributed by atoms with E-state index in [9.17, 15) is 4.79 Å². The van der Waals surface area contributed by atoms with Crippen molar-refractivity contribution in [2.75, 3.05) is 13.6 Å². The second-order valence-electron chi connectivity index (χ2n) is 3.18.